The molecule has 3 aromatic rings. The van der Waals surface area contributed by atoms with Gasteiger partial charge in [-0.1, -0.05) is 6.07 Å². The smallest absolute Gasteiger partial charge is 0.174 e. The van der Waals surface area contributed by atoms with Gasteiger partial charge >= 0.3 is 0 Å². The van der Waals surface area contributed by atoms with E-state index >= 15 is 0 Å². The number of nitrogens with zero attached hydrogens (tertiary/aromatic N) is 2. The van der Waals surface area contributed by atoms with Crippen molar-refractivity contribution in [3.8, 4) is 23.0 Å². The molecular weight excluding hydrogens is 426 g/mol. The Bertz CT molecular complexity index is 1110. The van der Waals surface area contributed by atoms with Crippen molar-refractivity contribution in [2.45, 2.75) is 12.6 Å². The molecule has 0 radical (unpaired) electrons. The Kier molecular flexibility index (Phi) is 6.41. The summed E-state index contributed by atoms with van der Waals surface area (Å²) in [5, 5.41) is 3.97. The molecule has 8 heteroatoms. The SMILES string of the molecule is COc1ccc(OC)c(NC(=S)N2CCn3cccc3[C@H]2c2ccc(OC)c(OC)c2)c1. The van der Waals surface area contributed by atoms with E-state index < -0.39 is 0 Å². The maximum atomic E-state index is 5.89. The maximum absolute atomic E-state index is 5.89. The summed E-state index contributed by atoms with van der Waals surface area (Å²) in [6, 6.07) is 15.7. The zero-order valence-electron chi connectivity index (χ0n) is 18.6. The molecule has 32 heavy (non-hydrogen) atoms. The average molecular weight is 454 g/mol. The van der Waals surface area contributed by atoms with Crippen molar-refractivity contribution < 1.29 is 18.9 Å². The van der Waals surface area contributed by atoms with Crippen LogP contribution in [0.5, 0.6) is 23.0 Å². The van der Waals surface area contributed by atoms with E-state index in [9.17, 15) is 0 Å². The van der Waals surface area contributed by atoms with Gasteiger partial charge in [0.05, 0.1) is 40.2 Å². The third-order valence-electron chi connectivity index (χ3n) is 5.67. The molecule has 1 aliphatic heterocycles. The van der Waals surface area contributed by atoms with Crippen LogP contribution in [-0.2, 0) is 6.54 Å². The van der Waals surface area contributed by atoms with Crippen molar-refractivity contribution in [3.05, 3.63) is 66.0 Å². The van der Waals surface area contributed by atoms with E-state index in [0.29, 0.717) is 22.4 Å². The second-order valence-electron chi connectivity index (χ2n) is 7.33. The number of ether oxygens (including phenoxy) is 4. The minimum Gasteiger partial charge on any atom is -0.497 e. The number of fused-ring (bicyclic) bond motifs is 1. The van der Waals surface area contributed by atoms with Crippen molar-refractivity contribution in [2.75, 3.05) is 40.3 Å². The molecule has 0 aliphatic carbocycles. The molecule has 0 saturated carbocycles. The van der Waals surface area contributed by atoms with E-state index in [0.717, 1.165) is 35.8 Å². The second kappa shape index (κ2) is 9.40. The summed E-state index contributed by atoms with van der Waals surface area (Å²) in [6.07, 6.45) is 2.10. The quantitative estimate of drug-likeness (QED) is 0.558. The van der Waals surface area contributed by atoms with Gasteiger partial charge in [0.25, 0.3) is 0 Å². The number of hydrogen-bond donors (Lipinski definition) is 1. The highest BCUT2D eigenvalue weighted by Crippen LogP contribution is 2.38. The van der Waals surface area contributed by atoms with E-state index in [4.69, 9.17) is 31.2 Å². The van der Waals surface area contributed by atoms with Gasteiger partial charge in [0, 0.05) is 31.0 Å². The zero-order chi connectivity index (χ0) is 22.7. The van der Waals surface area contributed by atoms with Crippen molar-refractivity contribution in [2.24, 2.45) is 0 Å². The number of anilines is 1. The zero-order valence-corrected chi connectivity index (χ0v) is 19.4. The van der Waals surface area contributed by atoms with Crippen LogP contribution in [0.25, 0.3) is 0 Å². The standard InChI is InChI=1S/C24H27N3O4S/c1-28-17-8-10-20(29-2)18(15-17)25-24(32)27-13-12-26-11-5-6-19(26)23(27)16-7-9-21(30-3)22(14-16)31-4/h5-11,14-15,23H,12-13H2,1-4H3,(H,25,32)/t23-/m1/s1. The third kappa shape index (κ3) is 4.05. The molecule has 168 valence electrons. The molecule has 1 N–H and O–H groups in total. The molecule has 2 heterocycles. The van der Waals surface area contributed by atoms with E-state index in [1.165, 1.54) is 0 Å². The first kappa shape index (κ1) is 21.8. The average Bonchev–Trinajstić information content (AvgIpc) is 3.31. The summed E-state index contributed by atoms with van der Waals surface area (Å²) in [5.41, 5.74) is 2.97. The molecule has 0 bridgehead atoms. The summed E-state index contributed by atoms with van der Waals surface area (Å²) in [7, 11) is 6.55. The fraction of sp³-hybridized carbons (Fsp3) is 0.292. The summed E-state index contributed by atoms with van der Waals surface area (Å²) >= 11 is 5.89. The fourth-order valence-corrected chi connectivity index (χ4v) is 4.38. The highest BCUT2D eigenvalue weighted by Gasteiger charge is 2.31. The summed E-state index contributed by atoms with van der Waals surface area (Å²) in [4.78, 5) is 2.19. The topological polar surface area (TPSA) is 57.1 Å². The van der Waals surface area contributed by atoms with Crippen LogP contribution in [0.3, 0.4) is 0 Å². The lowest BCUT2D eigenvalue weighted by Crippen LogP contribution is -2.44. The van der Waals surface area contributed by atoms with Crippen LogP contribution in [0.4, 0.5) is 5.69 Å². The highest BCUT2D eigenvalue weighted by atomic mass is 32.1. The summed E-state index contributed by atoms with van der Waals surface area (Å²) in [5.74, 6) is 2.79. The third-order valence-corrected chi connectivity index (χ3v) is 6.01. The van der Waals surface area contributed by atoms with Gasteiger partial charge in [-0.3, -0.25) is 0 Å². The number of rotatable bonds is 6. The Morgan fingerprint density at radius 2 is 1.62 bits per heavy atom. The Balaban J connectivity index is 1.71. The number of thiocarbonyl (C=S) groups is 1. The van der Waals surface area contributed by atoms with Gasteiger partial charge in [0.15, 0.2) is 16.6 Å². The molecule has 1 atom stereocenters. The number of hydrogen-bond acceptors (Lipinski definition) is 5. The lowest BCUT2D eigenvalue weighted by molar-refractivity contribution is 0.291. The van der Waals surface area contributed by atoms with Gasteiger partial charge in [0.1, 0.15) is 11.5 Å². The van der Waals surface area contributed by atoms with Gasteiger partial charge in [-0.05, 0) is 54.2 Å². The van der Waals surface area contributed by atoms with Crippen molar-refractivity contribution in [1.82, 2.24) is 9.47 Å². The highest BCUT2D eigenvalue weighted by molar-refractivity contribution is 7.80. The molecule has 1 aliphatic rings. The lowest BCUT2D eigenvalue weighted by Gasteiger charge is -2.39. The molecule has 0 fully saturated rings. The number of aromatic nitrogens is 1. The number of methoxy groups -OCH3 is 4. The van der Waals surface area contributed by atoms with Gasteiger partial charge in [-0.15, -0.1) is 0 Å². The van der Waals surface area contributed by atoms with E-state index in [1.54, 1.807) is 28.4 Å². The minimum absolute atomic E-state index is 0.0878. The monoisotopic (exact) mass is 453 g/mol. The molecule has 0 unspecified atom stereocenters. The molecule has 4 rings (SSSR count). The number of nitrogens with one attached hydrogen (secondary N) is 1. The fourth-order valence-electron chi connectivity index (χ4n) is 4.07. The van der Waals surface area contributed by atoms with Gasteiger partial charge in [-0.2, -0.15) is 0 Å². The molecular formula is C24H27N3O4S. The predicted molar refractivity (Wildman–Crippen MR) is 128 cm³/mol. The molecule has 7 nitrogen and oxygen atoms in total. The van der Waals surface area contributed by atoms with E-state index in [2.05, 4.69) is 39.2 Å². The Hall–Kier alpha value is -3.39. The van der Waals surface area contributed by atoms with Crippen LogP contribution in [0.1, 0.15) is 17.3 Å². The second-order valence-corrected chi connectivity index (χ2v) is 7.72. The predicted octanol–water partition coefficient (Wildman–Crippen LogP) is 4.32. The first-order chi connectivity index (χ1) is 15.6. The van der Waals surface area contributed by atoms with E-state index in [1.807, 2.05) is 30.3 Å². The molecule has 1 aromatic heterocycles. The first-order valence-electron chi connectivity index (χ1n) is 10.3. The van der Waals surface area contributed by atoms with Crippen molar-refractivity contribution in [3.63, 3.8) is 0 Å². The summed E-state index contributed by atoms with van der Waals surface area (Å²) in [6.45, 7) is 1.59. The van der Waals surface area contributed by atoms with Crippen LogP contribution in [-0.4, -0.2) is 49.6 Å². The minimum atomic E-state index is -0.0878. The van der Waals surface area contributed by atoms with Crippen LogP contribution in [0.2, 0.25) is 0 Å². The normalized spacial score (nSPS) is 15.0. The van der Waals surface area contributed by atoms with Crippen LogP contribution in [0, 0.1) is 0 Å². The Morgan fingerprint density at radius 1 is 0.875 bits per heavy atom. The molecule has 0 spiro atoms. The number of benzene rings is 2. The van der Waals surface area contributed by atoms with Crippen LogP contribution < -0.4 is 24.3 Å². The molecule has 2 aromatic carbocycles. The lowest BCUT2D eigenvalue weighted by atomic mass is 9.99. The van der Waals surface area contributed by atoms with Crippen molar-refractivity contribution in [1.29, 1.82) is 0 Å². The van der Waals surface area contributed by atoms with Crippen LogP contribution in [0.15, 0.2) is 54.7 Å². The van der Waals surface area contributed by atoms with Gasteiger partial charge in [0.2, 0.25) is 0 Å². The largest absolute Gasteiger partial charge is 0.497 e. The Labute approximate surface area is 193 Å². The van der Waals surface area contributed by atoms with Crippen molar-refractivity contribution >= 4 is 23.0 Å². The summed E-state index contributed by atoms with van der Waals surface area (Å²) < 4.78 is 24.1. The maximum Gasteiger partial charge on any atom is 0.174 e. The molecule has 0 amide bonds. The van der Waals surface area contributed by atoms with Gasteiger partial charge in [-0.25, -0.2) is 0 Å². The van der Waals surface area contributed by atoms with Gasteiger partial charge < -0.3 is 33.7 Å². The Morgan fingerprint density at radius 3 is 2.34 bits per heavy atom. The van der Waals surface area contributed by atoms with Crippen LogP contribution >= 0.6 is 12.2 Å². The first-order valence-corrected chi connectivity index (χ1v) is 10.7. The molecule has 0 saturated heterocycles. The van der Waals surface area contributed by atoms with E-state index in [-0.39, 0.29) is 6.04 Å².